The standard InChI is InChI=1S/C23H28N2O4S/c1-15(26)23(28)29-20-11-19(12-21(13-20)30-2)22(27)25-8-6-17(7-9-25)18-5-3-4-16(10-18)14-24/h3-5,10-13,17,23,28H,6-9,14,24H2,1-2H3. The number of benzene rings is 2. The van der Waals surface area contributed by atoms with Crippen molar-refractivity contribution in [2.75, 3.05) is 19.3 Å². The van der Waals surface area contributed by atoms with Crippen LogP contribution in [0.4, 0.5) is 0 Å². The lowest BCUT2D eigenvalue weighted by Gasteiger charge is -2.32. The number of piperidine rings is 1. The number of nitrogens with zero attached hydrogens (tertiary/aromatic N) is 1. The number of hydrogen-bond acceptors (Lipinski definition) is 6. The molecule has 0 radical (unpaired) electrons. The van der Waals surface area contributed by atoms with E-state index in [9.17, 15) is 14.7 Å². The number of aliphatic hydroxyl groups excluding tert-OH is 1. The highest BCUT2D eigenvalue weighted by Gasteiger charge is 2.25. The van der Waals surface area contributed by atoms with Crippen LogP contribution in [0.25, 0.3) is 0 Å². The van der Waals surface area contributed by atoms with Gasteiger partial charge in [-0.15, -0.1) is 11.8 Å². The number of hydrogen-bond donors (Lipinski definition) is 2. The van der Waals surface area contributed by atoms with Gasteiger partial charge in [0.05, 0.1) is 0 Å². The maximum atomic E-state index is 13.1. The van der Waals surface area contributed by atoms with Gasteiger partial charge in [-0.1, -0.05) is 24.3 Å². The van der Waals surface area contributed by atoms with E-state index in [1.165, 1.54) is 24.2 Å². The molecule has 0 aromatic heterocycles. The largest absolute Gasteiger partial charge is 0.458 e. The van der Waals surface area contributed by atoms with E-state index in [2.05, 4.69) is 12.1 Å². The Hall–Kier alpha value is -2.35. The van der Waals surface area contributed by atoms with Crippen molar-refractivity contribution >= 4 is 23.5 Å². The van der Waals surface area contributed by atoms with Crippen LogP contribution < -0.4 is 10.5 Å². The Balaban J connectivity index is 1.70. The minimum atomic E-state index is -1.54. The molecule has 1 aliphatic heterocycles. The average molecular weight is 429 g/mol. The summed E-state index contributed by atoms with van der Waals surface area (Å²) in [7, 11) is 0. The van der Waals surface area contributed by atoms with Crippen LogP contribution in [0.3, 0.4) is 0 Å². The zero-order valence-corrected chi connectivity index (χ0v) is 18.2. The van der Waals surface area contributed by atoms with Crippen molar-refractivity contribution in [2.24, 2.45) is 5.73 Å². The second-order valence-corrected chi connectivity index (χ2v) is 8.37. The lowest BCUT2D eigenvalue weighted by molar-refractivity contribution is -0.138. The zero-order valence-electron chi connectivity index (χ0n) is 17.3. The van der Waals surface area contributed by atoms with Gasteiger partial charge in [0.25, 0.3) is 12.2 Å². The van der Waals surface area contributed by atoms with Crippen LogP contribution in [0.1, 0.15) is 47.2 Å². The van der Waals surface area contributed by atoms with Crippen molar-refractivity contribution in [1.29, 1.82) is 0 Å². The third-order valence-electron chi connectivity index (χ3n) is 5.40. The maximum absolute atomic E-state index is 13.1. The molecule has 1 amide bonds. The molecule has 6 nitrogen and oxygen atoms in total. The van der Waals surface area contributed by atoms with Crippen LogP contribution in [-0.4, -0.2) is 47.3 Å². The Kier molecular flexibility index (Phi) is 7.53. The normalized spacial score (nSPS) is 15.7. The Bertz CT molecular complexity index is 910. The van der Waals surface area contributed by atoms with Gasteiger partial charge in [-0.25, -0.2) is 0 Å². The predicted octanol–water partition coefficient (Wildman–Crippen LogP) is 3.17. The van der Waals surface area contributed by atoms with E-state index in [1.54, 1.807) is 12.1 Å². The maximum Gasteiger partial charge on any atom is 0.257 e. The Morgan fingerprint density at radius 2 is 1.97 bits per heavy atom. The van der Waals surface area contributed by atoms with Crippen LogP contribution in [0.2, 0.25) is 0 Å². The number of thioether (sulfide) groups is 1. The highest BCUT2D eigenvalue weighted by Crippen LogP contribution is 2.30. The number of aliphatic hydroxyl groups is 1. The number of nitrogens with two attached hydrogens (primary N) is 1. The van der Waals surface area contributed by atoms with Crippen molar-refractivity contribution < 1.29 is 19.4 Å². The molecule has 0 aliphatic carbocycles. The number of ketones is 1. The first kappa shape index (κ1) is 22.3. The molecule has 2 aromatic carbocycles. The Labute approximate surface area is 181 Å². The van der Waals surface area contributed by atoms with Gasteiger partial charge in [0.2, 0.25) is 0 Å². The summed E-state index contributed by atoms with van der Waals surface area (Å²) in [4.78, 5) is 27.1. The first-order valence-corrected chi connectivity index (χ1v) is 11.3. The summed E-state index contributed by atoms with van der Waals surface area (Å²) < 4.78 is 5.30. The third kappa shape index (κ3) is 5.41. The summed E-state index contributed by atoms with van der Waals surface area (Å²) in [5.74, 6) is 0.171. The summed E-state index contributed by atoms with van der Waals surface area (Å²) >= 11 is 1.47. The van der Waals surface area contributed by atoms with Gasteiger partial charge in [-0.2, -0.15) is 0 Å². The monoisotopic (exact) mass is 428 g/mol. The van der Waals surface area contributed by atoms with E-state index in [0.29, 0.717) is 36.9 Å². The first-order valence-electron chi connectivity index (χ1n) is 10.0. The van der Waals surface area contributed by atoms with Gasteiger partial charge in [0, 0.05) is 37.0 Å². The summed E-state index contributed by atoms with van der Waals surface area (Å²) in [5.41, 5.74) is 8.66. The number of ether oxygens (including phenoxy) is 1. The van der Waals surface area contributed by atoms with Gasteiger partial charge in [-0.3, -0.25) is 9.59 Å². The molecule has 1 atom stereocenters. The SMILES string of the molecule is CSc1cc(OC(O)C(C)=O)cc(C(=O)N2CCC(c3cccc(CN)c3)CC2)c1. The molecule has 2 aromatic rings. The topological polar surface area (TPSA) is 92.9 Å². The highest BCUT2D eigenvalue weighted by atomic mass is 32.2. The van der Waals surface area contributed by atoms with Crippen molar-refractivity contribution in [3.05, 3.63) is 59.2 Å². The molecule has 0 bridgehead atoms. The van der Waals surface area contributed by atoms with E-state index >= 15 is 0 Å². The second kappa shape index (κ2) is 10.1. The van der Waals surface area contributed by atoms with E-state index in [1.807, 2.05) is 29.4 Å². The van der Waals surface area contributed by atoms with Crippen molar-refractivity contribution in [1.82, 2.24) is 4.90 Å². The predicted molar refractivity (Wildman–Crippen MR) is 118 cm³/mol. The van der Waals surface area contributed by atoms with E-state index < -0.39 is 12.1 Å². The van der Waals surface area contributed by atoms with E-state index in [0.717, 1.165) is 23.3 Å². The average Bonchev–Trinajstić information content (AvgIpc) is 2.78. The fourth-order valence-electron chi connectivity index (χ4n) is 3.67. The number of carbonyl (C=O) groups excluding carboxylic acids is 2. The molecule has 7 heteroatoms. The van der Waals surface area contributed by atoms with E-state index in [-0.39, 0.29) is 5.91 Å². The van der Waals surface area contributed by atoms with Crippen LogP contribution >= 0.6 is 11.8 Å². The molecule has 1 heterocycles. The summed E-state index contributed by atoms with van der Waals surface area (Å²) in [6, 6.07) is 13.5. The number of carbonyl (C=O) groups is 2. The lowest BCUT2D eigenvalue weighted by atomic mass is 9.88. The molecule has 160 valence electrons. The molecule has 1 fully saturated rings. The lowest BCUT2D eigenvalue weighted by Crippen LogP contribution is -2.38. The third-order valence-corrected chi connectivity index (χ3v) is 6.11. The molecule has 1 unspecified atom stereocenters. The summed E-state index contributed by atoms with van der Waals surface area (Å²) in [5, 5.41) is 9.71. The van der Waals surface area contributed by atoms with Gasteiger partial charge >= 0.3 is 0 Å². The number of amides is 1. The Morgan fingerprint density at radius 1 is 1.23 bits per heavy atom. The number of likely N-dealkylation sites (tertiary alicyclic amines) is 1. The molecule has 1 aliphatic rings. The van der Waals surface area contributed by atoms with Crippen molar-refractivity contribution in [3.8, 4) is 5.75 Å². The number of rotatable bonds is 7. The number of Topliss-reactive ketones (excluding diaryl/α,β-unsaturated/α-hetero) is 1. The first-order chi connectivity index (χ1) is 14.4. The van der Waals surface area contributed by atoms with Crippen LogP contribution in [0.15, 0.2) is 47.4 Å². The van der Waals surface area contributed by atoms with Crippen molar-refractivity contribution in [2.45, 2.75) is 43.4 Å². The summed E-state index contributed by atoms with van der Waals surface area (Å²) in [6.07, 6.45) is 2.16. The summed E-state index contributed by atoms with van der Waals surface area (Å²) in [6.45, 7) is 3.13. The second-order valence-electron chi connectivity index (χ2n) is 7.49. The van der Waals surface area contributed by atoms with Gasteiger partial charge < -0.3 is 20.5 Å². The van der Waals surface area contributed by atoms with Crippen LogP contribution in [0, 0.1) is 0 Å². The molecule has 0 spiro atoms. The van der Waals surface area contributed by atoms with E-state index in [4.69, 9.17) is 10.5 Å². The fourth-order valence-corrected chi connectivity index (χ4v) is 4.14. The Morgan fingerprint density at radius 3 is 2.60 bits per heavy atom. The smallest absolute Gasteiger partial charge is 0.257 e. The van der Waals surface area contributed by atoms with Crippen molar-refractivity contribution in [3.63, 3.8) is 0 Å². The van der Waals surface area contributed by atoms with Gasteiger partial charge in [0.15, 0.2) is 5.78 Å². The quantitative estimate of drug-likeness (QED) is 0.520. The molecule has 0 saturated carbocycles. The molecular weight excluding hydrogens is 400 g/mol. The molecule has 3 rings (SSSR count). The highest BCUT2D eigenvalue weighted by molar-refractivity contribution is 7.98. The fraction of sp³-hybridized carbons (Fsp3) is 0.391. The minimum absolute atomic E-state index is 0.0674. The van der Waals surface area contributed by atoms with Crippen LogP contribution in [0.5, 0.6) is 5.75 Å². The van der Waals surface area contributed by atoms with Gasteiger partial charge in [-0.05, 0) is 54.3 Å². The molecule has 1 saturated heterocycles. The molecule has 30 heavy (non-hydrogen) atoms. The minimum Gasteiger partial charge on any atom is -0.458 e. The zero-order chi connectivity index (χ0) is 21.7. The molecular formula is C23H28N2O4S. The van der Waals surface area contributed by atoms with Crippen LogP contribution in [-0.2, 0) is 11.3 Å². The van der Waals surface area contributed by atoms with Gasteiger partial charge in [0.1, 0.15) is 5.75 Å². The molecule has 3 N–H and O–H groups in total.